The fourth-order valence-corrected chi connectivity index (χ4v) is 2.32. The molecule has 1 amide bonds. The van der Waals surface area contributed by atoms with Crippen LogP contribution >= 0.6 is 0 Å². The molecule has 2 aromatic carbocycles. The maximum atomic E-state index is 12.3. The summed E-state index contributed by atoms with van der Waals surface area (Å²) < 4.78 is 6.72. The number of aryl methyl sites for hydroxylation is 1. The predicted molar refractivity (Wildman–Crippen MR) is 88.1 cm³/mol. The van der Waals surface area contributed by atoms with Gasteiger partial charge >= 0.3 is 0 Å². The maximum Gasteiger partial charge on any atom is 0.251 e. The number of hydrogen-bond donors (Lipinski definition) is 1. The minimum absolute atomic E-state index is 0.155. The van der Waals surface area contributed by atoms with Gasteiger partial charge in [0.15, 0.2) is 5.82 Å². The lowest BCUT2D eigenvalue weighted by Crippen LogP contribution is -2.25. The molecule has 3 aromatic rings. The highest BCUT2D eigenvalue weighted by atomic mass is 16.5. The van der Waals surface area contributed by atoms with E-state index in [0.29, 0.717) is 11.4 Å². The van der Waals surface area contributed by atoms with Crippen LogP contribution < -0.4 is 10.1 Å². The van der Waals surface area contributed by atoms with Crippen molar-refractivity contribution in [1.82, 2.24) is 25.5 Å². The molecule has 7 nitrogen and oxygen atoms in total. The molecule has 0 bridgehead atoms. The van der Waals surface area contributed by atoms with Gasteiger partial charge in [-0.3, -0.25) is 4.79 Å². The number of carbonyl (C=O) groups is 1. The summed E-state index contributed by atoms with van der Waals surface area (Å²) in [5.74, 6) is 1.14. The van der Waals surface area contributed by atoms with E-state index >= 15 is 0 Å². The molecule has 0 unspecified atom stereocenters. The first kappa shape index (κ1) is 15.7. The Balaban J connectivity index is 1.74. The summed E-state index contributed by atoms with van der Waals surface area (Å²) in [5, 5.41) is 14.5. The molecule has 1 aromatic heterocycles. The molecule has 0 aliphatic carbocycles. The van der Waals surface area contributed by atoms with E-state index in [9.17, 15) is 4.79 Å². The number of carbonyl (C=O) groups excluding carboxylic acids is 1. The molecule has 0 fully saturated rings. The highest BCUT2D eigenvalue weighted by Gasteiger charge is 2.12. The molecule has 0 aliphatic heterocycles. The molecule has 0 saturated heterocycles. The first-order valence-electron chi connectivity index (χ1n) is 7.44. The third-order valence-corrected chi connectivity index (χ3v) is 3.65. The number of amides is 1. The van der Waals surface area contributed by atoms with E-state index in [2.05, 4.69) is 20.8 Å². The SMILES string of the molecule is COc1ccc(-n2nnnc2CNC(=O)c2ccccc2C)cc1. The number of methoxy groups -OCH3 is 1. The summed E-state index contributed by atoms with van der Waals surface area (Å²) in [6.45, 7) is 2.13. The number of benzene rings is 2. The van der Waals surface area contributed by atoms with Gasteiger partial charge in [-0.1, -0.05) is 18.2 Å². The summed E-state index contributed by atoms with van der Waals surface area (Å²) in [6.07, 6.45) is 0. The lowest BCUT2D eigenvalue weighted by molar-refractivity contribution is 0.0949. The van der Waals surface area contributed by atoms with Crippen molar-refractivity contribution in [2.75, 3.05) is 7.11 Å². The number of tetrazole rings is 1. The van der Waals surface area contributed by atoms with Crippen molar-refractivity contribution in [3.63, 3.8) is 0 Å². The molecule has 1 N–H and O–H groups in total. The van der Waals surface area contributed by atoms with E-state index in [0.717, 1.165) is 17.0 Å². The largest absolute Gasteiger partial charge is 0.497 e. The van der Waals surface area contributed by atoms with Crippen LogP contribution in [0.5, 0.6) is 5.75 Å². The molecule has 0 aliphatic rings. The Morgan fingerprint density at radius 3 is 2.62 bits per heavy atom. The Morgan fingerprint density at radius 1 is 1.17 bits per heavy atom. The summed E-state index contributed by atoms with van der Waals surface area (Å²) in [4.78, 5) is 12.3. The van der Waals surface area contributed by atoms with Crippen molar-refractivity contribution in [3.8, 4) is 11.4 Å². The lowest BCUT2D eigenvalue weighted by Gasteiger charge is -2.08. The van der Waals surface area contributed by atoms with Crippen molar-refractivity contribution in [3.05, 3.63) is 65.5 Å². The van der Waals surface area contributed by atoms with Crippen LogP contribution in [-0.4, -0.2) is 33.2 Å². The Labute approximate surface area is 139 Å². The average molecular weight is 323 g/mol. The summed E-state index contributed by atoms with van der Waals surface area (Å²) in [6, 6.07) is 14.8. The monoisotopic (exact) mass is 323 g/mol. The molecular weight excluding hydrogens is 306 g/mol. The molecule has 0 spiro atoms. The van der Waals surface area contributed by atoms with E-state index in [1.807, 2.05) is 49.4 Å². The molecule has 3 rings (SSSR count). The van der Waals surface area contributed by atoms with Crippen LogP contribution in [0, 0.1) is 6.92 Å². The molecule has 24 heavy (non-hydrogen) atoms. The second-order valence-electron chi connectivity index (χ2n) is 5.20. The van der Waals surface area contributed by atoms with Gasteiger partial charge in [0.05, 0.1) is 19.3 Å². The molecule has 1 heterocycles. The van der Waals surface area contributed by atoms with Gasteiger partial charge in [0.1, 0.15) is 5.75 Å². The number of aromatic nitrogens is 4. The van der Waals surface area contributed by atoms with Gasteiger partial charge in [0.25, 0.3) is 5.91 Å². The maximum absolute atomic E-state index is 12.3. The summed E-state index contributed by atoms with van der Waals surface area (Å²) in [7, 11) is 1.61. The zero-order valence-corrected chi connectivity index (χ0v) is 13.4. The average Bonchev–Trinajstić information content (AvgIpc) is 3.08. The Bertz CT molecular complexity index is 842. The van der Waals surface area contributed by atoms with Gasteiger partial charge in [-0.25, -0.2) is 0 Å². The second-order valence-corrected chi connectivity index (χ2v) is 5.20. The fraction of sp³-hybridized carbons (Fsp3) is 0.176. The van der Waals surface area contributed by atoms with Crippen LogP contribution in [0.4, 0.5) is 0 Å². The smallest absolute Gasteiger partial charge is 0.251 e. The zero-order valence-electron chi connectivity index (χ0n) is 13.4. The first-order valence-corrected chi connectivity index (χ1v) is 7.44. The van der Waals surface area contributed by atoms with Gasteiger partial charge in [-0.05, 0) is 53.2 Å². The zero-order chi connectivity index (χ0) is 16.9. The van der Waals surface area contributed by atoms with Crippen molar-refractivity contribution >= 4 is 5.91 Å². The summed E-state index contributed by atoms with van der Waals surface area (Å²) in [5.41, 5.74) is 2.35. The number of ether oxygens (including phenoxy) is 1. The van der Waals surface area contributed by atoms with Crippen molar-refractivity contribution in [2.24, 2.45) is 0 Å². The minimum atomic E-state index is -0.155. The van der Waals surface area contributed by atoms with Gasteiger partial charge in [-0.2, -0.15) is 4.68 Å². The number of nitrogens with zero attached hydrogens (tertiary/aromatic N) is 4. The van der Waals surface area contributed by atoms with Crippen molar-refractivity contribution < 1.29 is 9.53 Å². The molecule has 0 radical (unpaired) electrons. The lowest BCUT2D eigenvalue weighted by atomic mass is 10.1. The first-order chi connectivity index (χ1) is 11.7. The van der Waals surface area contributed by atoms with Crippen LogP contribution in [-0.2, 0) is 6.54 Å². The Hall–Kier alpha value is -3.22. The van der Waals surface area contributed by atoms with E-state index in [1.165, 1.54) is 0 Å². The summed E-state index contributed by atoms with van der Waals surface area (Å²) >= 11 is 0. The van der Waals surface area contributed by atoms with Gasteiger partial charge in [0.2, 0.25) is 0 Å². The quantitative estimate of drug-likeness (QED) is 0.775. The van der Waals surface area contributed by atoms with Gasteiger partial charge < -0.3 is 10.1 Å². The number of hydrogen-bond acceptors (Lipinski definition) is 5. The minimum Gasteiger partial charge on any atom is -0.497 e. The van der Waals surface area contributed by atoms with E-state index in [1.54, 1.807) is 17.9 Å². The predicted octanol–water partition coefficient (Wildman–Crippen LogP) is 1.91. The highest BCUT2D eigenvalue weighted by molar-refractivity contribution is 5.95. The van der Waals surface area contributed by atoms with E-state index < -0.39 is 0 Å². The number of rotatable bonds is 5. The van der Waals surface area contributed by atoms with Crippen molar-refractivity contribution in [2.45, 2.75) is 13.5 Å². The molecule has 0 atom stereocenters. The van der Waals surface area contributed by atoms with Crippen LogP contribution in [0.2, 0.25) is 0 Å². The van der Waals surface area contributed by atoms with Crippen LogP contribution in [0.1, 0.15) is 21.7 Å². The second kappa shape index (κ2) is 6.91. The Morgan fingerprint density at radius 2 is 1.92 bits per heavy atom. The molecule has 0 saturated carbocycles. The standard InChI is InChI=1S/C17H17N5O2/c1-12-5-3-4-6-15(12)17(23)18-11-16-19-20-21-22(16)13-7-9-14(24-2)10-8-13/h3-10H,11H2,1-2H3,(H,18,23). The van der Waals surface area contributed by atoms with E-state index in [4.69, 9.17) is 4.74 Å². The number of nitrogens with one attached hydrogen (secondary N) is 1. The highest BCUT2D eigenvalue weighted by Crippen LogP contribution is 2.15. The van der Waals surface area contributed by atoms with Crippen LogP contribution in [0.25, 0.3) is 5.69 Å². The topological polar surface area (TPSA) is 81.9 Å². The van der Waals surface area contributed by atoms with Gasteiger partial charge in [-0.15, -0.1) is 5.10 Å². The fourth-order valence-electron chi connectivity index (χ4n) is 2.32. The normalized spacial score (nSPS) is 10.4. The molecule has 122 valence electrons. The van der Waals surface area contributed by atoms with E-state index in [-0.39, 0.29) is 12.5 Å². The molecule has 7 heteroatoms. The third-order valence-electron chi connectivity index (χ3n) is 3.65. The van der Waals surface area contributed by atoms with Crippen molar-refractivity contribution in [1.29, 1.82) is 0 Å². The van der Waals surface area contributed by atoms with Crippen LogP contribution in [0.15, 0.2) is 48.5 Å². The van der Waals surface area contributed by atoms with Crippen LogP contribution in [0.3, 0.4) is 0 Å². The Kier molecular flexibility index (Phi) is 4.51. The molecular formula is C17H17N5O2. The third kappa shape index (κ3) is 3.24. The van der Waals surface area contributed by atoms with Gasteiger partial charge in [0, 0.05) is 5.56 Å².